The highest BCUT2D eigenvalue weighted by Crippen LogP contribution is 2.20. The number of hydrogen-bond acceptors (Lipinski definition) is 11. The predicted molar refractivity (Wildman–Crippen MR) is 260 cm³/mol. The maximum Gasteiger partial charge on any atom is 0.322 e. The molecule has 4 aromatic rings. The molecule has 2 heterocycles. The Kier molecular flexibility index (Phi) is 22.0. The number of nitrogens with one attached hydrogen (secondary N) is 9. The molecular formula is C47H64N14O10. The van der Waals surface area contributed by atoms with Crippen LogP contribution in [0.15, 0.2) is 78.3 Å². The lowest BCUT2D eigenvalue weighted by Crippen LogP contribution is -2.60. The second-order valence-electron chi connectivity index (χ2n) is 16.8. The second kappa shape index (κ2) is 28.2. The molecule has 2 aromatic heterocycles. The number of rotatable bonds is 30. The molecule has 8 amide bonds. The van der Waals surface area contributed by atoms with E-state index < -0.39 is 96.0 Å². The number of benzene rings is 2. The number of aliphatic carboxylic acids is 1. The molecule has 6 atom stereocenters. The van der Waals surface area contributed by atoms with Gasteiger partial charge in [-0.25, -0.2) is 4.98 Å². The summed E-state index contributed by atoms with van der Waals surface area (Å²) in [5, 5.41) is 28.3. The Morgan fingerprint density at radius 3 is 1.77 bits per heavy atom. The molecule has 0 aliphatic heterocycles. The van der Waals surface area contributed by atoms with Crippen molar-refractivity contribution in [3.05, 3.63) is 90.1 Å². The van der Waals surface area contributed by atoms with Crippen LogP contribution in [0.1, 0.15) is 75.6 Å². The Hall–Kier alpha value is -8.31. The maximum absolute atomic E-state index is 14.5. The molecule has 0 aliphatic rings. The zero-order chi connectivity index (χ0) is 51.9. The summed E-state index contributed by atoms with van der Waals surface area (Å²) in [6, 6.07) is 7.88. The zero-order valence-electron chi connectivity index (χ0n) is 39.6. The first-order valence-electron chi connectivity index (χ1n) is 23.1. The van der Waals surface area contributed by atoms with E-state index in [4.69, 9.17) is 17.2 Å². The molecule has 16 N–H and O–H groups in total. The summed E-state index contributed by atoms with van der Waals surface area (Å²) >= 11 is 0. The van der Waals surface area contributed by atoms with Gasteiger partial charge < -0.3 is 69.5 Å². The third-order valence-electron chi connectivity index (χ3n) is 11.1. The topological polar surface area (TPSA) is 393 Å². The number of carboxylic acids is 1. The molecule has 24 heteroatoms. The van der Waals surface area contributed by atoms with Crippen LogP contribution >= 0.6 is 0 Å². The Bertz CT molecular complexity index is 2470. The summed E-state index contributed by atoms with van der Waals surface area (Å²) in [5.41, 5.74) is 18.9. The number of aromatic nitrogens is 3. The van der Waals surface area contributed by atoms with Gasteiger partial charge in [-0.15, -0.1) is 0 Å². The highest BCUT2D eigenvalue weighted by Gasteiger charge is 2.34. The predicted octanol–water partition coefficient (Wildman–Crippen LogP) is -1.44. The number of imidazole rings is 1. The summed E-state index contributed by atoms with van der Waals surface area (Å²) in [5.74, 6) is -7.71. The lowest BCUT2D eigenvalue weighted by Gasteiger charge is -2.27. The first-order valence-corrected chi connectivity index (χ1v) is 23.1. The van der Waals surface area contributed by atoms with Crippen LogP contribution < -0.4 is 54.4 Å². The van der Waals surface area contributed by atoms with Crippen molar-refractivity contribution < 1.29 is 48.3 Å². The number of fused-ring (bicyclic) bond motifs is 1. The van der Waals surface area contributed by atoms with E-state index in [1.54, 1.807) is 42.6 Å². The Balaban J connectivity index is 1.65. The molecule has 0 fully saturated rings. The van der Waals surface area contributed by atoms with Crippen LogP contribution in [0.4, 0.5) is 0 Å². The molecule has 4 rings (SSSR count). The molecule has 0 unspecified atom stereocenters. The van der Waals surface area contributed by atoms with Crippen molar-refractivity contribution in [2.45, 2.75) is 114 Å². The van der Waals surface area contributed by atoms with Gasteiger partial charge in [-0.2, -0.15) is 0 Å². The normalized spacial score (nSPS) is 13.4. The number of unbranched alkanes of at least 4 members (excludes halogenated alkanes) is 1. The molecule has 0 bridgehead atoms. The number of aromatic amines is 2. The van der Waals surface area contributed by atoms with E-state index >= 15 is 0 Å². The highest BCUT2D eigenvalue weighted by molar-refractivity contribution is 5.98. The van der Waals surface area contributed by atoms with Crippen molar-refractivity contribution in [3.63, 3.8) is 0 Å². The monoisotopic (exact) mass is 984 g/mol. The molecule has 382 valence electrons. The van der Waals surface area contributed by atoms with Crippen molar-refractivity contribution in [3.8, 4) is 0 Å². The van der Waals surface area contributed by atoms with E-state index in [0.717, 1.165) is 10.9 Å². The summed E-state index contributed by atoms with van der Waals surface area (Å²) in [4.78, 5) is 134. The molecule has 71 heavy (non-hydrogen) atoms. The minimum Gasteiger partial charge on any atom is -0.480 e. The lowest BCUT2D eigenvalue weighted by molar-refractivity contribution is -0.138. The van der Waals surface area contributed by atoms with E-state index in [9.17, 15) is 48.3 Å². The van der Waals surface area contributed by atoms with Crippen LogP contribution in [0.2, 0.25) is 0 Å². The van der Waals surface area contributed by atoms with Crippen molar-refractivity contribution in [1.29, 1.82) is 0 Å². The smallest absolute Gasteiger partial charge is 0.322 e. The van der Waals surface area contributed by atoms with E-state index in [2.05, 4.69) is 57.2 Å². The zero-order valence-corrected chi connectivity index (χ0v) is 39.6. The largest absolute Gasteiger partial charge is 0.480 e. The first kappa shape index (κ1) is 55.3. The van der Waals surface area contributed by atoms with Gasteiger partial charge in [0.1, 0.15) is 42.8 Å². The van der Waals surface area contributed by atoms with Gasteiger partial charge in [0.15, 0.2) is 5.96 Å². The van der Waals surface area contributed by atoms with Crippen molar-refractivity contribution in [1.82, 2.24) is 52.2 Å². The van der Waals surface area contributed by atoms with Gasteiger partial charge in [-0.1, -0.05) is 68.3 Å². The Morgan fingerprint density at radius 1 is 0.648 bits per heavy atom. The van der Waals surface area contributed by atoms with Crippen molar-refractivity contribution in [2.75, 3.05) is 13.1 Å². The summed E-state index contributed by atoms with van der Waals surface area (Å²) in [6.45, 7) is 2.46. The van der Waals surface area contributed by atoms with Crippen LogP contribution in [0.5, 0.6) is 0 Å². The van der Waals surface area contributed by atoms with Crippen LogP contribution in [-0.2, 0) is 62.4 Å². The number of carbonyl (C=O) groups excluding carboxylic acids is 8. The Labute approximate surface area is 409 Å². The summed E-state index contributed by atoms with van der Waals surface area (Å²) in [6.07, 6.45) is 5.06. The number of amides is 8. The minimum absolute atomic E-state index is 0.0481. The number of nitrogens with two attached hydrogens (primary N) is 3. The van der Waals surface area contributed by atoms with Gasteiger partial charge in [-0.05, 0) is 42.9 Å². The molecule has 2 aromatic carbocycles. The number of carbonyl (C=O) groups is 9. The number of H-pyrrole nitrogens is 2. The van der Waals surface area contributed by atoms with Gasteiger partial charge in [0.05, 0.1) is 6.33 Å². The van der Waals surface area contributed by atoms with Crippen molar-refractivity contribution >= 4 is 70.1 Å². The lowest BCUT2D eigenvalue weighted by atomic mass is 10.0. The summed E-state index contributed by atoms with van der Waals surface area (Å²) in [7, 11) is 0. The maximum atomic E-state index is 14.5. The van der Waals surface area contributed by atoms with E-state index in [-0.39, 0.29) is 63.9 Å². The molecule has 0 aliphatic carbocycles. The second-order valence-corrected chi connectivity index (χ2v) is 16.8. The van der Waals surface area contributed by atoms with Crippen LogP contribution in [-0.4, -0.2) is 129 Å². The standard InChI is InChI=1S/C47H64N14O10/c1-3-4-14-33(56-27(2)62)42(67)58-35(17-18-39(48)63)44(69)61-38(22-30-24-51-26-55-30)46(71)59-36(20-28-11-6-5-7-12-28)45(70)57-34(16-10-19-52-47(49)50)43(68)60-37(41(66)54-25-40(64)65)21-29-23-53-32-15-9-8-13-31(29)32/h5-9,11-13,15,23-24,26,33-38,53H,3-4,10,14,16-22,25H2,1-2H3,(H2,48,63)(H,51,55)(H,54,66)(H,56,62)(H,57,70)(H,58,67)(H,59,71)(H,60,68)(H,61,69)(H,64,65)(H4,49,50,52)/t33-,34-,35-,36-,37-,38-/m0/s1. The van der Waals surface area contributed by atoms with Gasteiger partial charge in [0.25, 0.3) is 0 Å². The fraction of sp³-hybridized carbons (Fsp3) is 0.426. The molecule has 24 nitrogen and oxygen atoms in total. The van der Waals surface area contributed by atoms with Gasteiger partial charge in [0, 0.05) is 68.1 Å². The number of para-hydroxylation sites is 1. The van der Waals surface area contributed by atoms with E-state index in [1.807, 2.05) is 25.1 Å². The number of carboxylic acid groups (broad SMARTS) is 1. The fourth-order valence-corrected chi connectivity index (χ4v) is 7.51. The average molecular weight is 985 g/mol. The minimum atomic E-state index is -1.44. The quantitative estimate of drug-likeness (QED) is 0.0162. The van der Waals surface area contributed by atoms with Crippen molar-refractivity contribution in [2.24, 2.45) is 22.2 Å². The number of nitrogens with zero attached hydrogens (tertiary/aromatic N) is 2. The highest BCUT2D eigenvalue weighted by atomic mass is 16.4. The Morgan fingerprint density at radius 2 is 1.20 bits per heavy atom. The van der Waals surface area contributed by atoms with E-state index in [1.165, 1.54) is 19.4 Å². The molecule has 0 radical (unpaired) electrons. The number of guanidine groups is 1. The molecule has 0 saturated carbocycles. The van der Waals surface area contributed by atoms with Crippen LogP contribution in [0.25, 0.3) is 10.9 Å². The van der Waals surface area contributed by atoms with Crippen LogP contribution in [0, 0.1) is 0 Å². The van der Waals surface area contributed by atoms with Gasteiger partial charge in [0.2, 0.25) is 47.3 Å². The van der Waals surface area contributed by atoms with Crippen LogP contribution in [0.3, 0.4) is 0 Å². The molecular weight excluding hydrogens is 921 g/mol. The summed E-state index contributed by atoms with van der Waals surface area (Å²) < 4.78 is 0. The number of aliphatic imine (C=N–C) groups is 1. The van der Waals surface area contributed by atoms with E-state index in [0.29, 0.717) is 29.7 Å². The third kappa shape index (κ3) is 19.0. The third-order valence-corrected chi connectivity index (χ3v) is 11.1. The average Bonchev–Trinajstić information content (AvgIpc) is 4.01. The number of hydrogen-bond donors (Lipinski definition) is 13. The SMILES string of the molecule is CCCC[C@H](NC(C)=O)C(=O)N[C@@H](CCC(N)=O)C(=O)N[C@@H](Cc1cnc[nH]1)C(=O)N[C@@H](Cc1ccccc1)C(=O)N[C@@H](CCCN=C(N)N)C(=O)N[C@@H](Cc1c[nH]c2ccccc12)C(=O)NCC(=O)O. The first-order chi connectivity index (χ1) is 33.9. The molecule has 0 saturated heterocycles. The molecule has 0 spiro atoms. The van der Waals surface area contributed by atoms with Gasteiger partial charge >= 0.3 is 5.97 Å². The fourth-order valence-electron chi connectivity index (χ4n) is 7.51. The number of primary amides is 1. The van der Waals surface area contributed by atoms with Gasteiger partial charge in [-0.3, -0.25) is 48.1 Å².